The Morgan fingerprint density at radius 3 is 2.83 bits per heavy atom. The number of nitrogens with zero attached hydrogens (tertiary/aromatic N) is 3. The molecular formula is C12H21ClN4O. The summed E-state index contributed by atoms with van der Waals surface area (Å²) in [5.41, 5.74) is 0.549. The highest BCUT2D eigenvalue weighted by molar-refractivity contribution is 5.92. The Bertz CT molecular complexity index is 405. The summed E-state index contributed by atoms with van der Waals surface area (Å²) < 4.78 is 1.82. The van der Waals surface area contributed by atoms with Crippen molar-refractivity contribution in [2.24, 2.45) is 0 Å². The van der Waals surface area contributed by atoms with Crippen LogP contribution in [0.3, 0.4) is 0 Å². The first-order valence-corrected chi connectivity index (χ1v) is 6.16. The van der Waals surface area contributed by atoms with Gasteiger partial charge in [-0.05, 0) is 26.8 Å². The minimum Gasteiger partial charge on any atom is -0.332 e. The molecule has 0 bridgehead atoms. The normalized spacial score (nSPS) is 19.8. The van der Waals surface area contributed by atoms with Gasteiger partial charge in [0.1, 0.15) is 5.69 Å². The summed E-state index contributed by atoms with van der Waals surface area (Å²) in [4.78, 5) is 14.2. The quantitative estimate of drug-likeness (QED) is 0.883. The van der Waals surface area contributed by atoms with Gasteiger partial charge in [-0.2, -0.15) is 5.10 Å². The van der Waals surface area contributed by atoms with E-state index in [-0.39, 0.29) is 30.4 Å². The van der Waals surface area contributed by atoms with Crippen LogP contribution < -0.4 is 5.32 Å². The topological polar surface area (TPSA) is 50.2 Å². The number of aromatic nitrogens is 2. The smallest absolute Gasteiger partial charge is 0.274 e. The molecule has 0 saturated carbocycles. The molecule has 1 fully saturated rings. The van der Waals surface area contributed by atoms with Crippen molar-refractivity contribution in [2.45, 2.75) is 32.9 Å². The van der Waals surface area contributed by atoms with Gasteiger partial charge in [-0.25, -0.2) is 0 Å². The summed E-state index contributed by atoms with van der Waals surface area (Å²) in [5.74, 6) is 0.0402. The Labute approximate surface area is 114 Å². The first kappa shape index (κ1) is 15.0. The third-order valence-corrected chi connectivity index (χ3v) is 3.12. The third kappa shape index (κ3) is 3.03. The van der Waals surface area contributed by atoms with Gasteiger partial charge in [-0.3, -0.25) is 9.48 Å². The van der Waals surface area contributed by atoms with Crippen LogP contribution >= 0.6 is 12.4 Å². The molecule has 0 spiro atoms. The molecule has 6 heteroatoms. The molecule has 5 nitrogen and oxygen atoms in total. The molecule has 0 radical (unpaired) electrons. The van der Waals surface area contributed by atoms with Crippen molar-refractivity contribution in [1.82, 2.24) is 20.0 Å². The molecular weight excluding hydrogens is 252 g/mol. The molecule has 2 heterocycles. The van der Waals surface area contributed by atoms with Crippen LogP contribution in [0.2, 0.25) is 0 Å². The summed E-state index contributed by atoms with van der Waals surface area (Å²) in [6, 6.07) is 2.33. The molecule has 1 aromatic rings. The highest BCUT2D eigenvalue weighted by atomic mass is 35.5. The van der Waals surface area contributed by atoms with Crippen LogP contribution in [-0.2, 0) is 0 Å². The Morgan fingerprint density at radius 2 is 2.28 bits per heavy atom. The standard InChI is InChI=1S/C12H20N4O.ClH/c1-9(2)16-6-4-11(14-16)12(17)15-7-5-13-8-10(15)3;/h4,6,9-10,13H,5,7-8H2,1-3H3;1H/t10-;/m1./s1. The number of amides is 1. The summed E-state index contributed by atoms with van der Waals surface area (Å²) >= 11 is 0. The van der Waals surface area contributed by atoms with Crippen LogP contribution in [0.5, 0.6) is 0 Å². The van der Waals surface area contributed by atoms with E-state index in [4.69, 9.17) is 0 Å². The van der Waals surface area contributed by atoms with Crippen LogP contribution in [0.25, 0.3) is 0 Å². The first-order valence-electron chi connectivity index (χ1n) is 6.16. The molecule has 1 N–H and O–H groups in total. The Balaban J connectivity index is 0.00000162. The van der Waals surface area contributed by atoms with Crippen molar-refractivity contribution in [2.75, 3.05) is 19.6 Å². The second kappa shape index (κ2) is 6.20. The highest BCUT2D eigenvalue weighted by Crippen LogP contribution is 2.10. The molecule has 1 aromatic heterocycles. The maximum absolute atomic E-state index is 12.3. The first-order chi connectivity index (χ1) is 8.09. The van der Waals surface area contributed by atoms with Gasteiger partial charge < -0.3 is 10.2 Å². The van der Waals surface area contributed by atoms with Gasteiger partial charge in [0, 0.05) is 37.9 Å². The molecule has 0 unspecified atom stereocenters. The molecule has 2 rings (SSSR count). The molecule has 102 valence electrons. The summed E-state index contributed by atoms with van der Waals surface area (Å²) in [6.07, 6.45) is 1.87. The maximum atomic E-state index is 12.3. The Morgan fingerprint density at radius 1 is 1.56 bits per heavy atom. The van der Waals surface area contributed by atoms with E-state index in [0.717, 1.165) is 19.6 Å². The van der Waals surface area contributed by atoms with Crippen molar-refractivity contribution < 1.29 is 4.79 Å². The van der Waals surface area contributed by atoms with Crippen LogP contribution in [0.15, 0.2) is 12.3 Å². The molecule has 1 aliphatic rings. The van der Waals surface area contributed by atoms with E-state index in [1.165, 1.54) is 0 Å². The summed E-state index contributed by atoms with van der Waals surface area (Å²) in [7, 11) is 0. The minimum atomic E-state index is 0. The van der Waals surface area contributed by atoms with Gasteiger partial charge >= 0.3 is 0 Å². The average molecular weight is 273 g/mol. The molecule has 1 amide bonds. The zero-order valence-corrected chi connectivity index (χ0v) is 11.9. The highest BCUT2D eigenvalue weighted by Gasteiger charge is 2.25. The lowest BCUT2D eigenvalue weighted by Gasteiger charge is -2.33. The fourth-order valence-corrected chi connectivity index (χ4v) is 2.03. The maximum Gasteiger partial charge on any atom is 0.274 e. The number of piperazine rings is 1. The number of nitrogens with one attached hydrogen (secondary N) is 1. The van der Waals surface area contributed by atoms with Gasteiger partial charge in [0.2, 0.25) is 0 Å². The number of hydrogen-bond donors (Lipinski definition) is 1. The fraction of sp³-hybridized carbons (Fsp3) is 0.667. The lowest BCUT2D eigenvalue weighted by atomic mass is 10.2. The monoisotopic (exact) mass is 272 g/mol. The van der Waals surface area contributed by atoms with E-state index < -0.39 is 0 Å². The van der Waals surface area contributed by atoms with E-state index in [1.54, 1.807) is 6.07 Å². The van der Waals surface area contributed by atoms with Crippen molar-refractivity contribution >= 4 is 18.3 Å². The van der Waals surface area contributed by atoms with Crippen LogP contribution in [0.4, 0.5) is 0 Å². The SMILES string of the molecule is CC(C)n1ccc(C(=O)N2CCNC[C@H]2C)n1.Cl. The van der Waals surface area contributed by atoms with E-state index >= 15 is 0 Å². The van der Waals surface area contributed by atoms with Crippen LogP contribution in [0, 0.1) is 0 Å². The molecule has 0 aliphatic carbocycles. The van der Waals surface area contributed by atoms with Gasteiger partial charge in [0.05, 0.1) is 0 Å². The van der Waals surface area contributed by atoms with Gasteiger partial charge in [0.25, 0.3) is 5.91 Å². The molecule has 18 heavy (non-hydrogen) atoms. The predicted octanol–water partition coefficient (Wildman–Crippen LogP) is 1.32. The fourth-order valence-electron chi connectivity index (χ4n) is 2.03. The van der Waals surface area contributed by atoms with Crippen LogP contribution in [-0.4, -0.2) is 46.3 Å². The summed E-state index contributed by atoms with van der Waals surface area (Å²) in [5, 5.41) is 7.60. The lowest BCUT2D eigenvalue weighted by molar-refractivity contribution is 0.0648. The van der Waals surface area contributed by atoms with Crippen molar-refractivity contribution in [3.63, 3.8) is 0 Å². The third-order valence-electron chi connectivity index (χ3n) is 3.12. The van der Waals surface area contributed by atoms with Crippen molar-refractivity contribution in [1.29, 1.82) is 0 Å². The number of rotatable bonds is 2. The second-order valence-electron chi connectivity index (χ2n) is 4.83. The zero-order valence-electron chi connectivity index (χ0n) is 11.1. The van der Waals surface area contributed by atoms with Gasteiger partial charge in [-0.15, -0.1) is 12.4 Å². The van der Waals surface area contributed by atoms with Gasteiger partial charge in [0.15, 0.2) is 0 Å². The molecule has 1 saturated heterocycles. The Kier molecular flexibility index (Phi) is 5.16. The van der Waals surface area contributed by atoms with Crippen molar-refractivity contribution in [3.8, 4) is 0 Å². The number of carbonyl (C=O) groups is 1. The Hall–Kier alpha value is -1.07. The lowest BCUT2D eigenvalue weighted by Crippen LogP contribution is -2.52. The number of carbonyl (C=O) groups excluding carboxylic acids is 1. The predicted molar refractivity (Wildman–Crippen MR) is 73.2 cm³/mol. The largest absolute Gasteiger partial charge is 0.332 e. The van der Waals surface area contributed by atoms with Gasteiger partial charge in [-0.1, -0.05) is 0 Å². The minimum absolute atomic E-state index is 0. The molecule has 1 aliphatic heterocycles. The van der Waals surface area contributed by atoms with Crippen molar-refractivity contribution in [3.05, 3.63) is 18.0 Å². The van der Waals surface area contributed by atoms with E-state index in [0.29, 0.717) is 5.69 Å². The summed E-state index contributed by atoms with van der Waals surface area (Å²) in [6.45, 7) is 8.64. The van der Waals surface area contributed by atoms with E-state index in [2.05, 4.69) is 31.2 Å². The van der Waals surface area contributed by atoms with E-state index in [9.17, 15) is 4.79 Å². The zero-order chi connectivity index (χ0) is 12.4. The molecule has 1 atom stereocenters. The second-order valence-corrected chi connectivity index (χ2v) is 4.83. The average Bonchev–Trinajstić information content (AvgIpc) is 2.78. The number of halogens is 1. The van der Waals surface area contributed by atoms with E-state index in [1.807, 2.05) is 15.8 Å². The van der Waals surface area contributed by atoms with Crippen LogP contribution in [0.1, 0.15) is 37.3 Å². The molecule has 0 aromatic carbocycles. The number of hydrogen-bond acceptors (Lipinski definition) is 3.